The highest BCUT2D eigenvalue weighted by Crippen LogP contribution is 2.33. The molecule has 0 spiro atoms. The third-order valence-electron chi connectivity index (χ3n) is 6.22. The van der Waals surface area contributed by atoms with Gasteiger partial charge in [0.25, 0.3) is 5.91 Å². The Kier molecular flexibility index (Phi) is 7.68. The van der Waals surface area contributed by atoms with Gasteiger partial charge in [-0.1, -0.05) is 25.1 Å². The molecule has 0 aliphatic carbocycles. The average Bonchev–Trinajstić information content (AvgIpc) is 3.22. The Hall–Kier alpha value is -4.13. The van der Waals surface area contributed by atoms with E-state index >= 15 is 0 Å². The summed E-state index contributed by atoms with van der Waals surface area (Å²) in [6.45, 7) is 6.23. The first-order valence-electron chi connectivity index (χ1n) is 11.9. The molecule has 0 aliphatic heterocycles. The maximum atomic E-state index is 13.5. The van der Waals surface area contributed by atoms with Gasteiger partial charge in [0, 0.05) is 11.6 Å². The first-order chi connectivity index (χ1) is 17.4. The number of nitrogens with zero attached hydrogens (tertiary/aromatic N) is 3. The van der Waals surface area contributed by atoms with Gasteiger partial charge < -0.3 is 14.4 Å². The van der Waals surface area contributed by atoms with Gasteiger partial charge in [0.1, 0.15) is 17.3 Å². The number of carbonyl (C=O) groups excluding carboxylic acids is 1. The number of aromatic nitrogens is 2. The highest BCUT2D eigenvalue weighted by atomic mass is 19.1. The predicted molar refractivity (Wildman–Crippen MR) is 137 cm³/mol. The van der Waals surface area contributed by atoms with Crippen LogP contribution in [0.25, 0.3) is 5.69 Å². The quantitative estimate of drug-likeness (QED) is 0.268. The van der Waals surface area contributed by atoms with Crippen LogP contribution in [0.2, 0.25) is 0 Å². The van der Waals surface area contributed by atoms with E-state index < -0.39 is 0 Å². The van der Waals surface area contributed by atoms with Crippen molar-refractivity contribution < 1.29 is 18.7 Å². The van der Waals surface area contributed by atoms with E-state index in [2.05, 4.69) is 0 Å². The average molecular weight is 488 g/mol. The fourth-order valence-corrected chi connectivity index (χ4v) is 3.90. The number of hydrogen-bond acceptors (Lipinski definition) is 4. The summed E-state index contributed by atoms with van der Waals surface area (Å²) in [4.78, 5) is 15.3. The van der Waals surface area contributed by atoms with Gasteiger partial charge >= 0.3 is 0 Å². The fraction of sp³-hybridized carbons (Fsp3) is 0.241. The summed E-state index contributed by atoms with van der Waals surface area (Å²) in [5, 5.41) is 4.77. The lowest BCUT2D eigenvalue weighted by molar-refractivity contribution is 0.0670. The molecule has 7 heteroatoms. The Morgan fingerprint density at radius 1 is 1.00 bits per heavy atom. The normalized spacial score (nSPS) is 11.7. The number of para-hydroxylation sites is 1. The minimum atomic E-state index is -0.378. The highest BCUT2D eigenvalue weighted by molar-refractivity contribution is 5.94. The van der Waals surface area contributed by atoms with Crippen LogP contribution >= 0.6 is 0 Å². The van der Waals surface area contributed by atoms with Gasteiger partial charge in [0.2, 0.25) is 5.88 Å². The van der Waals surface area contributed by atoms with Gasteiger partial charge in [0.05, 0.1) is 30.6 Å². The lowest BCUT2D eigenvalue weighted by Crippen LogP contribution is -2.38. The second-order valence-corrected chi connectivity index (χ2v) is 8.59. The van der Waals surface area contributed by atoms with E-state index in [0.29, 0.717) is 17.2 Å². The second-order valence-electron chi connectivity index (χ2n) is 8.59. The number of aryl methyl sites for hydroxylation is 1. The largest absolute Gasteiger partial charge is 0.497 e. The smallest absolute Gasteiger partial charge is 0.254 e. The van der Waals surface area contributed by atoms with Crippen molar-refractivity contribution in [1.82, 2.24) is 14.7 Å². The molecule has 0 fully saturated rings. The summed E-state index contributed by atoms with van der Waals surface area (Å²) in [6.07, 6.45) is 0.757. The van der Waals surface area contributed by atoms with E-state index in [1.165, 1.54) is 24.3 Å². The Morgan fingerprint density at radius 2 is 1.64 bits per heavy atom. The Balaban J connectivity index is 1.76. The summed E-state index contributed by atoms with van der Waals surface area (Å²) in [6, 6.07) is 22.6. The van der Waals surface area contributed by atoms with Gasteiger partial charge in [-0.15, -0.1) is 0 Å². The Labute approximate surface area is 210 Å². The van der Waals surface area contributed by atoms with Crippen LogP contribution in [-0.4, -0.2) is 33.7 Å². The molecule has 1 heterocycles. The van der Waals surface area contributed by atoms with Gasteiger partial charge in [-0.2, -0.15) is 5.10 Å². The molecule has 0 radical (unpaired) electrons. The van der Waals surface area contributed by atoms with Crippen molar-refractivity contribution in [2.45, 2.75) is 39.8 Å². The molecule has 3 aromatic carbocycles. The number of amides is 1. The Bertz CT molecular complexity index is 1300. The molecule has 0 bridgehead atoms. The first kappa shape index (κ1) is 25.0. The van der Waals surface area contributed by atoms with Gasteiger partial charge in [0.15, 0.2) is 0 Å². The first-order valence-corrected chi connectivity index (χ1v) is 11.9. The van der Waals surface area contributed by atoms with E-state index in [4.69, 9.17) is 14.6 Å². The molecule has 0 saturated heterocycles. The zero-order valence-electron chi connectivity index (χ0n) is 20.9. The van der Waals surface area contributed by atoms with Crippen molar-refractivity contribution in [2.75, 3.05) is 7.11 Å². The number of ether oxygens (including phenoxy) is 2. The van der Waals surface area contributed by atoms with Gasteiger partial charge in [-0.3, -0.25) is 4.79 Å². The molecule has 6 nitrogen and oxygen atoms in total. The van der Waals surface area contributed by atoms with Crippen LogP contribution < -0.4 is 9.47 Å². The molecule has 1 atom stereocenters. The standard InChI is InChI=1S/C29H30FN3O3/c1-5-20(2)32(28(34)22-11-13-23(30)14-12-22)19-27-21(3)31-33(24-9-7-6-8-10-24)29(27)36-26-17-15-25(35-4)16-18-26/h6-18,20H,5,19H2,1-4H3/t20-/m1/s1. The van der Waals surface area contributed by atoms with Crippen LogP contribution in [0.15, 0.2) is 78.9 Å². The zero-order valence-corrected chi connectivity index (χ0v) is 20.9. The zero-order chi connectivity index (χ0) is 25.7. The topological polar surface area (TPSA) is 56.6 Å². The molecule has 36 heavy (non-hydrogen) atoms. The van der Waals surface area contributed by atoms with Crippen molar-refractivity contribution in [3.63, 3.8) is 0 Å². The highest BCUT2D eigenvalue weighted by Gasteiger charge is 2.27. The van der Waals surface area contributed by atoms with Crippen molar-refractivity contribution in [3.8, 4) is 23.1 Å². The Morgan fingerprint density at radius 3 is 2.25 bits per heavy atom. The summed E-state index contributed by atoms with van der Waals surface area (Å²) in [7, 11) is 1.61. The maximum absolute atomic E-state index is 13.5. The second kappa shape index (κ2) is 11.1. The molecular formula is C29H30FN3O3. The molecular weight excluding hydrogens is 457 g/mol. The molecule has 1 amide bonds. The van der Waals surface area contributed by atoms with Crippen molar-refractivity contribution in [2.24, 2.45) is 0 Å². The monoisotopic (exact) mass is 487 g/mol. The molecule has 0 N–H and O–H groups in total. The van der Waals surface area contributed by atoms with Crippen LogP contribution in [0.4, 0.5) is 4.39 Å². The van der Waals surface area contributed by atoms with E-state index in [0.717, 1.165) is 29.1 Å². The molecule has 4 rings (SSSR count). The van der Waals surface area contributed by atoms with Crippen LogP contribution in [0.3, 0.4) is 0 Å². The number of rotatable bonds is 9. The summed E-state index contributed by atoms with van der Waals surface area (Å²) < 4.78 is 26.9. The van der Waals surface area contributed by atoms with E-state index in [1.54, 1.807) is 16.7 Å². The maximum Gasteiger partial charge on any atom is 0.254 e. The predicted octanol–water partition coefficient (Wildman–Crippen LogP) is 6.56. The molecule has 0 aliphatic rings. The minimum Gasteiger partial charge on any atom is -0.497 e. The number of hydrogen-bond donors (Lipinski definition) is 0. The third-order valence-corrected chi connectivity index (χ3v) is 6.22. The van der Waals surface area contributed by atoms with Crippen LogP contribution in [-0.2, 0) is 6.54 Å². The summed E-state index contributed by atoms with van der Waals surface area (Å²) in [5.41, 5.74) is 2.82. The van der Waals surface area contributed by atoms with Crippen molar-refractivity contribution in [1.29, 1.82) is 0 Å². The fourth-order valence-electron chi connectivity index (χ4n) is 3.90. The van der Waals surface area contributed by atoms with Gasteiger partial charge in [-0.25, -0.2) is 9.07 Å². The number of carbonyl (C=O) groups is 1. The number of methoxy groups -OCH3 is 1. The van der Waals surface area contributed by atoms with E-state index in [-0.39, 0.29) is 24.3 Å². The minimum absolute atomic E-state index is 0.0594. The van der Waals surface area contributed by atoms with Crippen LogP contribution in [0, 0.1) is 12.7 Å². The number of benzene rings is 3. The summed E-state index contributed by atoms with van der Waals surface area (Å²) in [5.74, 6) is 1.32. The SMILES string of the molecule is CC[C@@H](C)N(Cc1c(C)nn(-c2ccccc2)c1Oc1ccc(OC)cc1)C(=O)c1ccc(F)cc1. The molecule has 0 unspecified atom stereocenters. The van der Waals surface area contributed by atoms with Crippen LogP contribution in [0.1, 0.15) is 41.9 Å². The van der Waals surface area contributed by atoms with Crippen molar-refractivity contribution >= 4 is 5.91 Å². The number of halogens is 1. The van der Waals surface area contributed by atoms with Gasteiger partial charge in [-0.05, 0) is 80.9 Å². The molecule has 0 saturated carbocycles. The molecule has 186 valence electrons. The van der Waals surface area contributed by atoms with E-state index in [9.17, 15) is 9.18 Å². The van der Waals surface area contributed by atoms with Crippen molar-refractivity contribution in [3.05, 3.63) is 102 Å². The molecule has 4 aromatic rings. The third kappa shape index (κ3) is 5.40. The molecule has 1 aromatic heterocycles. The summed E-state index contributed by atoms with van der Waals surface area (Å²) >= 11 is 0. The lowest BCUT2D eigenvalue weighted by atomic mass is 10.1. The van der Waals surface area contributed by atoms with E-state index in [1.807, 2.05) is 75.4 Å². The lowest BCUT2D eigenvalue weighted by Gasteiger charge is -2.29. The van der Waals surface area contributed by atoms with Crippen LogP contribution in [0.5, 0.6) is 17.4 Å².